The number of benzene rings is 1. The molecule has 0 radical (unpaired) electrons. The van der Waals surface area contributed by atoms with Crippen LogP contribution in [0.4, 0.5) is 0 Å². The number of phenolic OH excluding ortho intramolecular Hbond substituents is 1. The van der Waals surface area contributed by atoms with Gasteiger partial charge in [0.2, 0.25) is 0 Å². The maximum absolute atomic E-state index is 11.0. The first-order valence-corrected chi connectivity index (χ1v) is 7.39. The highest BCUT2D eigenvalue weighted by Gasteiger charge is 2.30. The van der Waals surface area contributed by atoms with E-state index >= 15 is 0 Å². The van der Waals surface area contributed by atoms with E-state index in [2.05, 4.69) is 34.6 Å². The van der Waals surface area contributed by atoms with Gasteiger partial charge in [0.05, 0.1) is 0 Å². The number of carbonyl (C=O) groups excluding carboxylic acids is 1. The Balaban J connectivity index is 3.18. The maximum atomic E-state index is 11.0. The number of aromatic hydroxyl groups is 1. The first-order valence-electron chi connectivity index (χ1n) is 7.39. The Hall–Kier alpha value is -1.51. The molecule has 3 heteroatoms. The van der Waals surface area contributed by atoms with Crippen LogP contribution >= 0.6 is 0 Å². The van der Waals surface area contributed by atoms with Gasteiger partial charge >= 0.3 is 5.97 Å². The minimum Gasteiger partial charge on any atom is -0.507 e. The lowest BCUT2D eigenvalue weighted by Gasteiger charge is -2.34. The summed E-state index contributed by atoms with van der Waals surface area (Å²) in [7, 11) is 0. The summed E-state index contributed by atoms with van der Waals surface area (Å²) in [5.74, 6) is 0.0482. The number of phenols is 1. The van der Waals surface area contributed by atoms with Crippen molar-refractivity contribution in [3.8, 4) is 5.75 Å². The maximum Gasteiger partial charge on any atom is 0.302 e. The van der Waals surface area contributed by atoms with Gasteiger partial charge < -0.3 is 9.84 Å². The van der Waals surface area contributed by atoms with Crippen molar-refractivity contribution in [3.63, 3.8) is 0 Å². The Morgan fingerprint density at radius 2 is 1.76 bits per heavy atom. The zero-order chi connectivity index (χ0) is 16.4. The smallest absolute Gasteiger partial charge is 0.302 e. The molecule has 21 heavy (non-hydrogen) atoms. The van der Waals surface area contributed by atoms with E-state index in [0.717, 1.165) is 23.1 Å². The third-order valence-corrected chi connectivity index (χ3v) is 3.50. The van der Waals surface area contributed by atoms with Crippen LogP contribution in [0.25, 0.3) is 0 Å². The number of hydrogen-bond donors (Lipinski definition) is 1. The van der Waals surface area contributed by atoms with Gasteiger partial charge in [0.15, 0.2) is 0 Å². The molecule has 0 aliphatic rings. The van der Waals surface area contributed by atoms with E-state index in [0.29, 0.717) is 5.75 Å². The van der Waals surface area contributed by atoms with E-state index in [1.54, 1.807) is 0 Å². The summed E-state index contributed by atoms with van der Waals surface area (Å²) in [6, 6.07) is 3.83. The van der Waals surface area contributed by atoms with Crippen molar-refractivity contribution in [3.05, 3.63) is 28.8 Å². The Kier molecular flexibility index (Phi) is 5.08. The number of ether oxygens (including phenoxy) is 1. The van der Waals surface area contributed by atoms with Crippen molar-refractivity contribution >= 4 is 5.97 Å². The minimum atomic E-state index is -0.295. The zero-order valence-electron chi connectivity index (χ0n) is 14.3. The van der Waals surface area contributed by atoms with Gasteiger partial charge in [-0.05, 0) is 47.4 Å². The molecule has 3 nitrogen and oxygen atoms in total. The summed E-state index contributed by atoms with van der Waals surface area (Å²) in [6.07, 6.45) is 0.948. The van der Waals surface area contributed by atoms with Crippen LogP contribution in [-0.4, -0.2) is 11.1 Å². The van der Waals surface area contributed by atoms with Gasteiger partial charge in [-0.2, -0.15) is 0 Å². The third kappa shape index (κ3) is 5.07. The average Bonchev–Trinajstić information content (AvgIpc) is 2.26. The number of esters is 1. The highest BCUT2D eigenvalue weighted by atomic mass is 16.5. The van der Waals surface area contributed by atoms with Crippen LogP contribution in [0.1, 0.15) is 64.7 Å². The van der Waals surface area contributed by atoms with Gasteiger partial charge in [-0.3, -0.25) is 4.79 Å². The van der Waals surface area contributed by atoms with Gasteiger partial charge in [0, 0.05) is 12.5 Å². The molecule has 0 aromatic heterocycles. The molecule has 0 aliphatic carbocycles. The van der Waals surface area contributed by atoms with Crippen molar-refractivity contribution in [2.24, 2.45) is 5.41 Å². The molecule has 0 saturated heterocycles. The first kappa shape index (κ1) is 17.5. The predicted octanol–water partition coefficient (Wildman–Crippen LogP) is 4.48. The molecule has 118 valence electrons. The Morgan fingerprint density at radius 3 is 2.24 bits per heavy atom. The molecular weight excluding hydrogens is 264 g/mol. The molecule has 0 spiro atoms. The molecule has 0 amide bonds. The summed E-state index contributed by atoms with van der Waals surface area (Å²) in [6.45, 7) is 14.4. The lowest BCUT2D eigenvalue weighted by Crippen LogP contribution is -2.25. The van der Waals surface area contributed by atoms with Crippen molar-refractivity contribution in [1.82, 2.24) is 0 Å². The Morgan fingerprint density at radius 1 is 1.19 bits per heavy atom. The van der Waals surface area contributed by atoms with E-state index < -0.39 is 0 Å². The summed E-state index contributed by atoms with van der Waals surface area (Å²) < 4.78 is 5.07. The molecule has 0 unspecified atom stereocenters. The highest BCUT2D eigenvalue weighted by Crippen LogP contribution is 2.41. The fourth-order valence-corrected chi connectivity index (χ4v) is 3.06. The molecule has 1 aromatic rings. The second-order valence-electron chi connectivity index (χ2n) is 7.71. The lowest BCUT2D eigenvalue weighted by atomic mass is 9.71. The van der Waals surface area contributed by atoms with Crippen LogP contribution in [0.15, 0.2) is 12.1 Å². The standard InChI is InChI=1S/C18H28O3/c1-12-8-14(10-21-13(2)19)9-15(16(12)20)18(6,7)11-17(3,4)5/h8-9,20H,10-11H2,1-7H3. The molecule has 0 bridgehead atoms. The highest BCUT2D eigenvalue weighted by molar-refractivity contribution is 5.66. The molecule has 1 aromatic carbocycles. The van der Waals surface area contributed by atoms with E-state index in [1.165, 1.54) is 6.92 Å². The molecule has 0 heterocycles. The van der Waals surface area contributed by atoms with E-state index in [1.807, 2.05) is 19.1 Å². The van der Waals surface area contributed by atoms with Crippen molar-refractivity contribution in [1.29, 1.82) is 0 Å². The number of hydrogen-bond acceptors (Lipinski definition) is 3. The van der Waals surface area contributed by atoms with Crippen LogP contribution < -0.4 is 0 Å². The van der Waals surface area contributed by atoms with Crippen LogP contribution in [0, 0.1) is 12.3 Å². The Labute approximate surface area is 128 Å². The van der Waals surface area contributed by atoms with Gasteiger partial charge in [0.25, 0.3) is 0 Å². The van der Waals surface area contributed by atoms with E-state index in [-0.39, 0.29) is 23.4 Å². The summed E-state index contributed by atoms with van der Waals surface area (Å²) in [5, 5.41) is 10.4. The number of carbonyl (C=O) groups is 1. The van der Waals surface area contributed by atoms with Crippen LogP contribution in [0.3, 0.4) is 0 Å². The molecule has 0 atom stereocenters. The Bertz CT molecular complexity index is 522. The second kappa shape index (κ2) is 6.08. The number of aryl methyl sites for hydroxylation is 1. The normalized spacial score (nSPS) is 12.3. The summed E-state index contributed by atoms with van der Waals surface area (Å²) >= 11 is 0. The second-order valence-corrected chi connectivity index (χ2v) is 7.71. The van der Waals surface area contributed by atoms with Crippen molar-refractivity contribution < 1.29 is 14.6 Å². The van der Waals surface area contributed by atoms with Crippen molar-refractivity contribution in [2.45, 2.75) is 66.9 Å². The topological polar surface area (TPSA) is 46.5 Å². The number of rotatable bonds is 4. The van der Waals surface area contributed by atoms with Gasteiger partial charge in [-0.1, -0.05) is 34.6 Å². The average molecular weight is 292 g/mol. The quantitative estimate of drug-likeness (QED) is 0.832. The molecule has 0 fully saturated rings. The van der Waals surface area contributed by atoms with Gasteiger partial charge in [-0.25, -0.2) is 0 Å². The summed E-state index contributed by atoms with van der Waals surface area (Å²) in [4.78, 5) is 11.0. The van der Waals surface area contributed by atoms with Crippen LogP contribution in [0.2, 0.25) is 0 Å². The third-order valence-electron chi connectivity index (χ3n) is 3.50. The molecular formula is C18H28O3. The SMILES string of the molecule is CC(=O)OCc1cc(C)c(O)c(C(C)(C)CC(C)(C)C)c1. The predicted molar refractivity (Wildman–Crippen MR) is 85.4 cm³/mol. The molecule has 0 saturated carbocycles. The van der Waals surface area contributed by atoms with E-state index in [4.69, 9.17) is 4.74 Å². The molecule has 1 rings (SSSR count). The fourth-order valence-electron chi connectivity index (χ4n) is 3.06. The van der Waals surface area contributed by atoms with E-state index in [9.17, 15) is 9.90 Å². The first-order chi connectivity index (χ1) is 9.42. The van der Waals surface area contributed by atoms with Crippen LogP contribution in [-0.2, 0) is 21.6 Å². The molecule has 0 aliphatic heterocycles. The van der Waals surface area contributed by atoms with Crippen molar-refractivity contribution in [2.75, 3.05) is 0 Å². The summed E-state index contributed by atoms with van der Waals surface area (Å²) in [5.41, 5.74) is 2.66. The monoisotopic (exact) mass is 292 g/mol. The minimum absolute atomic E-state index is 0.153. The van der Waals surface area contributed by atoms with Gasteiger partial charge in [-0.15, -0.1) is 0 Å². The fraction of sp³-hybridized carbons (Fsp3) is 0.611. The molecule has 1 N–H and O–H groups in total. The largest absolute Gasteiger partial charge is 0.507 e. The van der Waals surface area contributed by atoms with Crippen LogP contribution in [0.5, 0.6) is 5.75 Å². The van der Waals surface area contributed by atoms with Gasteiger partial charge in [0.1, 0.15) is 12.4 Å². The zero-order valence-corrected chi connectivity index (χ0v) is 14.3. The lowest BCUT2D eigenvalue weighted by molar-refractivity contribution is -0.142.